The Bertz CT molecular complexity index is 1220. The van der Waals surface area contributed by atoms with Crippen molar-refractivity contribution >= 4 is 34.6 Å². The van der Waals surface area contributed by atoms with E-state index in [0.29, 0.717) is 18.2 Å². The van der Waals surface area contributed by atoms with Crippen molar-refractivity contribution in [2.24, 2.45) is 0 Å². The zero-order chi connectivity index (χ0) is 22.9. The van der Waals surface area contributed by atoms with Gasteiger partial charge in [0.2, 0.25) is 5.91 Å². The molecule has 33 heavy (non-hydrogen) atoms. The summed E-state index contributed by atoms with van der Waals surface area (Å²) in [5, 5.41) is 3.65. The first-order chi connectivity index (χ1) is 16.2. The van der Waals surface area contributed by atoms with Gasteiger partial charge in [-0.1, -0.05) is 54.1 Å². The molecule has 4 aromatic rings. The highest BCUT2D eigenvalue weighted by molar-refractivity contribution is 6.30. The van der Waals surface area contributed by atoms with E-state index in [1.807, 2.05) is 72.8 Å². The van der Waals surface area contributed by atoms with E-state index in [0.717, 1.165) is 47.6 Å². The fraction of sp³-hybridized carbons (Fsp3) is 0.185. The summed E-state index contributed by atoms with van der Waals surface area (Å²) in [4.78, 5) is 17.0. The van der Waals surface area contributed by atoms with Crippen LogP contribution in [0.4, 0.5) is 0 Å². The number of unbranched alkanes of at least 4 members (excludes halogenated alkanes) is 1. The molecule has 1 N–H and O–H groups in total. The average Bonchev–Trinajstić information content (AvgIpc) is 3.20. The molecule has 0 radical (unpaired) electrons. The summed E-state index contributed by atoms with van der Waals surface area (Å²) >= 11 is 5.91. The highest BCUT2D eigenvalue weighted by Gasteiger charge is 2.11. The second-order valence-corrected chi connectivity index (χ2v) is 8.08. The minimum Gasteiger partial charge on any atom is -0.494 e. The predicted octanol–water partition coefficient (Wildman–Crippen LogP) is 5.88. The zero-order valence-electron chi connectivity index (χ0n) is 18.3. The molecule has 1 aromatic heterocycles. The molecule has 0 aliphatic rings. The van der Waals surface area contributed by atoms with Crippen LogP contribution in [0.3, 0.4) is 0 Å². The standard InChI is InChI=1S/C27H26ClN3O2/c28-22-13-15-23(16-14-22)33-19-7-6-18-31-25-11-5-4-10-24(25)30-26(31)20-29-27(32)17-12-21-8-2-1-3-9-21/h1-5,8-17H,6-7,18-20H2,(H,29,32)/b17-12-. The second-order valence-electron chi connectivity index (χ2n) is 7.64. The lowest BCUT2D eigenvalue weighted by atomic mass is 10.2. The molecule has 0 fully saturated rings. The Morgan fingerprint density at radius 3 is 2.55 bits per heavy atom. The maximum Gasteiger partial charge on any atom is 0.244 e. The molecule has 0 saturated heterocycles. The Labute approximate surface area is 198 Å². The molecule has 0 atom stereocenters. The van der Waals surface area contributed by atoms with Gasteiger partial charge in [0.05, 0.1) is 24.2 Å². The first kappa shape index (κ1) is 22.6. The van der Waals surface area contributed by atoms with E-state index < -0.39 is 0 Å². The summed E-state index contributed by atoms with van der Waals surface area (Å²) in [6, 6.07) is 25.2. The number of fused-ring (bicyclic) bond motifs is 1. The van der Waals surface area contributed by atoms with Crippen molar-refractivity contribution in [2.45, 2.75) is 25.9 Å². The number of carbonyl (C=O) groups excluding carboxylic acids is 1. The number of amides is 1. The van der Waals surface area contributed by atoms with Crippen LogP contribution in [0.25, 0.3) is 17.1 Å². The van der Waals surface area contributed by atoms with Gasteiger partial charge in [-0.05, 0) is 60.9 Å². The van der Waals surface area contributed by atoms with Crippen molar-refractivity contribution in [3.8, 4) is 5.75 Å². The molecule has 1 heterocycles. The molecule has 3 aromatic carbocycles. The van der Waals surface area contributed by atoms with E-state index in [9.17, 15) is 4.79 Å². The van der Waals surface area contributed by atoms with Crippen molar-refractivity contribution in [3.63, 3.8) is 0 Å². The number of carbonyl (C=O) groups is 1. The normalized spacial score (nSPS) is 11.2. The third-order valence-electron chi connectivity index (χ3n) is 5.24. The average molecular weight is 460 g/mol. The summed E-state index contributed by atoms with van der Waals surface area (Å²) in [5.41, 5.74) is 2.99. The van der Waals surface area contributed by atoms with Crippen molar-refractivity contribution in [2.75, 3.05) is 6.61 Å². The topological polar surface area (TPSA) is 56.2 Å². The lowest BCUT2D eigenvalue weighted by Crippen LogP contribution is -2.22. The third-order valence-corrected chi connectivity index (χ3v) is 5.49. The first-order valence-corrected chi connectivity index (χ1v) is 11.4. The fourth-order valence-electron chi connectivity index (χ4n) is 3.56. The van der Waals surface area contributed by atoms with Crippen LogP contribution < -0.4 is 10.1 Å². The Morgan fingerprint density at radius 2 is 1.73 bits per heavy atom. The molecule has 0 aliphatic carbocycles. The number of nitrogens with zero attached hydrogens (tertiary/aromatic N) is 2. The summed E-state index contributed by atoms with van der Waals surface area (Å²) < 4.78 is 7.97. The van der Waals surface area contributed by atoms with Gasteiger partial charge in [-0.25, -0.2) is 4.98 Å². The lowest BCUT2D eigenvalue weighted by molar-refractivity contribution is -0.116. The SMILES string of the molecule is O=C(/C=C\c1ccccc1)NCc1nc2ccccc2n1CCCCOc1ccc(Cl)cc1. The molecule has 0 aliphatic heterocycles. The van der Waals surface area contributed by atoms with Gasteiger partial charge in [-0.3, -0.25) is 4.79 Å². The second kappa shape index (κ2) is 11.3. The molecular weight excluding hydrogens is 434 g/mol. The van der Waals surface area contributed by atoms with Crippen molar-refractivity contribution in [1.29, 1.82) is 0 Å². The van der Waals surface area contributed by atoms with Crippen molar-refractivity contribution < 1.29 is 9.53 Å². The molecule has 0 spiro atoms. The van der Waals surface area contributed by atoms with Crippen LogP contribution in [-0.2, 0) is 17.9 Å². The van der Waals surface area contributed by atoms with E-state index in [-0.39, 0.29) is 5.91 Å². The van der Waals surface area contributed by atoms with Gasteiger partial charge in [-0.15, -0.1) is 0 Å². The lowest BCUT2D eigenvalue weighted by Gasteiger charge is -2.10. The van der Waals surface area contributed by atoms with E-state index >= 15 is 0 Å². The quantitative estimate of drug-likeness (QED) is 0.238. The van der Waals surface area contributed by atoms with Crippen LogP contribution >= 0.6 is 11.6 Å². The molecule has 4 rings (SSSR count). The Morgan fingerprint density at radius 1 is 0.970 bits per heavy atom. The smallest absolute Gasteiger partial charge is 0.244 e. The monoisotopic (exact) mass is 459 g/mol. The first-order valence-electron chi connectivity index (χ1n) is 11.0. The number of benzene rings is 3. The Hall–Kier alpha value is -3.57. The molecule has 6 heteroatoms. The van der Waals surface area contributed by atoms with Crippen LogP contribution in [0, 0.1) is 0 Å². The van der Waals surface area contributed by atoms with Crippen LogP contribution in [0.5, 0.6) is 5.75 Å². The number of nitrogens with one attached hydrogen (secondary N) is 1. The molecule has 0 bridgehead atoms. The number of ether oxygens (including phenoxy) is 1. The summed E-state index contributed by atoms with van der Waals surface area (Å²) in [7, 11) is 0. The van der Waals surface area contributed by atoms with E-state index in [2.05, 4.69) is 16.0 Å². The number of aromatic nitrogens is 2. The van der Waals surface area contributed by atoms with Gasteiger partial charge in [0, 0.05) is 17.6 Å². The summed E-state index contributed by atoms with van der Waals surface area (Å²) in [6.45, 7) is 1.80. The molecule has 0 saturated carbocycles. The van der Waals surface area contributed by atoms with Gasteiger partial charge in [0.1, 0.15) is 11.6 Å². The van der Waals surface area contributed by atoms with Crippen LogP contribution in [0.1, 0.15) is 24.2 Å². The van der Waals surface area contributed by atoms with Crippen LogP contribution in [0.15, 0.2) is 84.9 Å². The predicted molar refractivity (Wildman–Crippen MR) is 133 cm³/mol. The Balaban J connectivity index is 1.33. The zero-order valence-corrected chi connectivity index (χ0v) is 19.0. The van der Waals surface area contributed by atoms with Gasteiger partial charge >= 0.3 is 0 Å². The van der Waals surface area contributed by atoms with Gasteiger partial charge in [0.25, 0.3) is 0 Å². The number of hydrogen-bond acceptors (Lipinski definition) is 3. The molecule has 0 unspecified atom stereocenters. The van der Waals surface area contributed by atoms with Crippen molar-refractivity contribution in [1.82, 2.24) is 14.9 Å². The number of hydrogen-bond donors (Lipinski definition) is 1. The number of halogens is 1. The van der Waals surface area contributed by atoms with Gasteiger partial charge in [-0.2, -0.15) is 0 Å². The van der Waals surface area contributed by atoms with E-state index in [1.54, 1.807) is 12.2 Å². The molecule has 5 nitrogen and oxygen atoms in total. The number of rotatable bonds is 10. The third kappa shape index (κ3) is 6.46. The van der Waals surface area contributed by atoms with E-state index in [4.69, 9.17) is 21.3 Å². The number of aryl methyl sites for hydroxylation is 1. The number of para-hydroxylation sites is 2. The Kier molecular flexibility index (Phi) is 7.77. The van der Waals surface area contributed by atoms with Gasteiger partial charge < -0.3 is 14.6 Å². The minimum absolute atomic E-state index is 0.145. The van der Waals surface area contributed by atoms with Crippen LogP contribution in [-0.4, -0.2) is 22.1 Å². The molecular formula is C27H26ClN3O2. The minimum atomic E-state index is -0.145. The maximum absolute atomic E-state index is 12.3. The van der Waals surface area contributed by atoms with Crippen LogP contribution in [0.2, 0.25) is 5.02 Å². The fourth-order valence-corrected chi connectivity index (χ4v) is 3.69. The number of imidazole rings is 1. The summed E-state index contributed by atoms with van der Waals surface area (Å²) in [5.74, 6) is 1.52. The highest BCUT2D eigenvalue weighted by atomic mass is 35.5. The summed E-state index contributed by atoms with van der Waals surface area (Å²) in [6.07, 6.45) is 5.19. The van der Waals surface area contributed by atoms with Crippen molar-refractivity contribution in [3.05, 3.63) is 101 Å². The molecule has 1 amide bonds. The largest absolute Gasteiger partial charge is 0.494 e. The van der Waals surface area contributed by atoms with Gasteiger partial charge in [0.15, 0.2) is 0 Å². The molecule has 168 valence electrons. The maximum atomic E-state index is 12.3. The van der Waals surface area contributed by atoms with E-state index in [1.165, 1.54) is 0 Å². The highest BCUT2D eigenvalue weighted by Crippen LogP contribution is 2.18.